The van der Waals surface area contributed by atoms with Crippen LogP contribution in [0.1, 0.15) is 16.7 Å². The van der Waals surface area contributed by atoms with Crippen LogP contribution in [0.15, 0.2) is 85.2 Å². The molecule has 0 fully saturated rings. The molecule has 1 aliphatic heterocycles. The summed E-state index contributed by atoms with van der Waals surface area (Å²) < 4.78 is 21.2. The van der Waals surface area contributed by atoms with Crippen LogP contribution in [0.3, 0.4) is 0 Å². The van der Waals surface area contributed by atoms with Gasteiger partial charge in [-0.1, -0.05) is 29.5 Å². The van der Waals surface area contributed by atoms with E-state index in [1.807, 2.05) is 65.7 Å². The highest BCUT2D eigenvalue weighted by atomic mass is 19.1. The molecule has 7 rings (SSSR count). The van der Waals surface area contributed by atoms with Gasteiger partial charge >= 0.3 is 6.03 Å². The predicted molar refractivity (Wildman–Crippen MR) is 159 cm³/mol. The molecular formula is C32H27FN8O2. The van der Waals surface area contributed by atoms with E-state index in [0.717, 1.165) is 39.9 Å². The minimum Gasteiger partial charge on any atom is -0.497 e. The van der Waals surface area contributed by atoms with E-state index in [0.29, 0.717) is 42.1 Å². The van der Waals surface area contributed by atoms with E-state index in [1.54, 1.807) is 23.9 Å². The fourth-order valence-electron chi connectivity index (χ4n) is 5.37. The molecular weight excluding hydrogens is 547 g/mol. The van der Waals surface area contributed by atoms with Gasteiger partial charge in [0, 0.05) is 36.8 Å². The first-order chi connectivity index (χ1) is 21.1. The lowest BCUT2D eigenvalue weighted by Crippen LogP contribution is -2.42. The van der Waals surface area contributed by atoms with Crippen molar-refractivity contribution in [2.75, 3.05) is 13.7 Å². The molecule has 0 bridgehead atoms. The van der Waals surface area contributed by atoms with E-state index >= 15 is 0 Å². The number of halogens is 1. The van der Waals surface area contributed by atoms with Gasteiger partial charge in [0.05, 0.1) is 24.5 Å². The van der Waals surface area contributed by atoms with E-state index < -0.39 is 5.95 Å². The van der Waals surface area contributed by atoms with Gasteiger partial charge < -0.3 is 15.0 Å². The average Bonchev–Trinajstić information content (AvgIpc) is 3.71. The second-order valence-corrected chi connectivity index (χ2v) is 10.4. The maximum atomic E-state index is 14.3. The largest absolute Gasteiger partial charge is 0.497 e. The molecule has 0 aliphatic carbocycles. The van der Waals surface area contributed by atoms with Crippen molar-refractivity contribution >= 4 is 16.9 Å². The Kier molecular flexibility index (Phi) is 6.74. The van der Waals surface area contributed by atoms with Crippen molar-refractivity contribution < 1.29 is 13.9 Å². The number of pyridine rings is 1. The second kappa shape index (κ2) is 11.0. The first kappa shape index (κ1) is 26.3. The molecule has 2 N–H and O–H groups in total. The second-order valence-electron chi connectivity index (χ2n) is 10.4. The number of amides is 2. The highest BCUT2D eigenvalue weighted by molar-refractivity contribution is 5.94. The number of aromatic nitrogens is 6. The zero-order valence-corrected chi connectivity index (χ0v) is 23.3. The van der Waals surface area contributed by atoms with Crippen molar-refractivity contribution in [2.45, 2.75) is 19.5 Å². The molecule has 3 aromatic heterocycles. The number of carbonyl (C=O) groups excluding carboxylic acids is 1. The van der Waals surface area contributed by atoms with Gasteiger partial charge in [0.15, 0.2) is 0 Å². The fraction of sp³-hybridized carbons (Fsp3) is 0.156. The fourth-order valence-corrected chi connectivity index (χ4v) is 5.37. The number of aromatic amines is 1. The minimum atomic E-state index is -0.529. The Labute approximate surface area is 246 Å². The van der Waals surface area contributed by atoms with E-state index in [1.165, 1.54) is 11.8 Å². The summed E-state index contributed by atoms with van der Waals surface area (Å²) in [6.07, 6.45) is 4.01. The zero-order chi connectivity index (χ0) is 29.3. The summed E-state index contributed by atoms with van der Waals surface area (Å²) in [4.78, 5) is 18.6. The average molecular weight is 575 g/mol. The molecule has 11 heteroatoms. The summed E-state index contributed by atoms with van der Waals surface area (Å²) in [6.45, 7) is 1.58. The molecule has 0 spiro atoms. The summed E-state index contributed by atoms with van der Waals surface area (Å²) in [6, 6.07) is 22.6. The first-order valence-corrected chi connectivity index (χ1v) is 13.9. The number of benzene rings is 3. The number of H-pyrrole nitrogens is 1. The molecule has 6 aromatic rings. The van der Waals surface area contributed by atoms with Crippen molar-refractivity contribution in [3.63, 3.8) is 0 Å². The van der Waals surface area contributed by atoms with Gasteiger partial charge in [0.25, 0.3) is 0 Å². The Morgan fingerprint density at radius 1 is 1.07 bits per heavy atom. The third kappa shape index (κ3) is 5.16. The number of methoxy groups -OCH3 is 1. The number of hydrogen-bond acceptors (Lipinski definition) is 6. The van der Waals surface area contributed by atoms with Crippen molar-refractivity contribution in [1.29, 1.82) is 0 Å². The quantitative estimate of drug-likeness (QED) is 0.262. The number of ether oxygens (including phenoxy) is 1. The maximum Gasteiger partial charge on any atom is 0.317 e. The lowest BCUT2D eigenvalue weighted by Gasteiger charge is -2.29. The molecule has 0 unspecified atom stereocenters. The van der Waals surface area contributed by atoms with Gasteiger partial charge in [-0.15, -0.1) is 5.10 Å². The summed E-state index contributed by atoms with van der Waals surface area (Å²) in [5, 5.41) is 20.1. The molecule has 1 aliphatic rings. The molecule has 214 valence electrons. The van der Waals surface area contributed by atoms with Crippen molar-refractivity contribution in [1.82, 2.24) is 40.4 Å². The molecule has 0 saturated heterocycles. The van der Waals surface area contributed by atoms with Crippen LogP contribution in [-0.4, -0.2) is 54.8 Å². The number of nitrogens with one attached hydrogen (secondary N) is 2. The van der Waals surface area contributed by atoms with E-state index in [9.17, 15) is 9.18 Å². The van der Waals surface area contributed by atoms with Gasteiger partial charge in [0.2, 0.25) is 5.95 Å². The normalized spacial score (nSPS) is 12.7. The molecule has 0 radical (unpaired) electrons. The maximum absolute atomic E-state index is 14.3. The van der Waals surface area contributed by atoms with Gasteiger partial charge in [-0.2, -0.15) is 9.49 Å². The van der Waals surface area contributed by atoms with Crippen LogP contribution in [0.5, 0.6) is 5.75 Å². The van der Waals surface area contributed by atoms with Crippen LogP contribution in [-0.2, 0) is 19.5 Å². The van der Waals surface area contributed by atoms with Crippen molar-refractivity contribution in [2.24, 2.45) is 0 Å². The summed E-state index contributed by atoms with van der Waals surface area (Å²) >= 11 is 0. The van der Waals surface area contributed by atoms with Gasteiger partial charge in [-0.25, -0.2) is 14.5 Å². The topological polar surface area (TPSA) is 114 Å². The molecule has 4 heterocycles. The zero-order valence-electron chi connectivity index (χ0n) is 23.3. The number of carbonyl (C=O) groups is 1. The Hall–Kier alpha value is -5.58. The third-order valence-corrected chi connectivity index (χ3v) is 7.73. The first-order valence-electron chi connectivity index (χ1n) is 13.9. The lowest BCUT2D eigenvalue weighted by molar-refractivity contribution is 0.192. The van der Waals surface area contributed by atoms with E-state index in [2.05, 4.69) is 36.9 Å². The number of fused-ring (bicyclic) bond motifs is 2. The van der Waals surface area contributed by atoms with Gasteiger partial charge in [0.1, 0.15) is 17.1 Å². The molecule has 0 atom stereocenters. The van der Waals surface area contributed by atoms with E-state index in [-0.39, 0.29) is 6.03 Å². The highest BCUT2D eigenvalue weighted by Crippen LogP contribution is 2.31. The molecule has 2 amide bonds. The molecule has 10 nitrogen and oxygen atoms in total. The van der Waals surface area contributed by atoms with Crippen LogP contribution >= 0.6 is 0 Å². The van der Waals surface area contributed by atoms with E-state index in [4.69, 9.17) is 4.74 Å². The standard InChI is InChI=1S/C32H27FN8O2/c1-43-25-9-4-20(5-10-25)17-35-32(42)40-14-12-21-6-8-24(15-23(21)18-40)41-19-29(37-39-41)30-27-16-22(7-11-28(27)36-38-30)26-3-2-13-34-31(26)33/h2-11,13,15-16,19H,12,14,17-18H2,1H3,(H,35,42)(H,36,38). The minimum absolute atomic E-state index is 0.106. The summed E-state index contributed by atoms with van der Waals surface area (Å²) in [7, 11) is 1.63. The Morgan fingerprint density at radius 2 is 1.95 bits per heavy atom. The van der Waals surface area contributed by atoms with Crippen molar-refractivity contribution in [3.05, 3.63) is 108 Å². The van der Waals surface area contributed by atoms with Crippen LogP contribution < -0.4 is 10.1 Å². The third-order valence-electron chi connectivity index (χ3n) is 7.73. The number of nitrogens with zero attached hydrogens (tertiary/aromatic N) is 6. The number of urea groups is 1. The number of rotatable bonds is 6. The van der Waals surface area contributed by atoms with Gasteiger partial charge in [-0.3, -0.25) is 5.10 Å². The van der Waals surface area contributed by atoms with Crippen LogP contribution in [0.2, 0.25) is 0 Å². The smallest absolute Gasteiger partial charge is 0.317 e. The van der Waals surface area contributed by atoms with Gasteiger partial charge in [-0.05, 0) is 77.2 Å². The summed E-state index contributed by atoms with van der Waals surface area (Å²) in [5.41, 5.74) is 7.20. The van der Waals surface area contributed by atoms with Crippen molar-refractivity contribution in [3.8, 4) is 34.0 Å². The Bertz CT molecular complexity index is 1950. The summed E-state index contributed by atoms with van der Waals surface area (Å²) in [5.74, 6) is 0.251. The van der Waals surface area contributed by atoms with Crippen LogP contribution in [0, 0.1) is 5.95 Å². The lowest BCUT2D eigenvalue weighted by atomic mass is 9.99. The Morgan fingerprint density at radius 3 is 2.79 bits per heavy atom. The predicted octanol–water partition coefficient (Wildman–Crippen LogP) is 5.29. The Balaban J connectivity index is 1.09. The monoisotopic (exact) mass is 574 g/mol. The highest BCUT2D eigenvalue weighted by Gasteiger charge is 2.22. The van der Waals surface area contributed by atoms with Crippen LogP contribution in [0.25, 0.3) is 39.1 Å². The van der Waals surface area contributed by atoms with Crippen LogP contribution in [0.4, 0.5) is 9.18 Å². The molecule has 0 saturated carbocycles. The molecule has 3 aromatic carbocycles. The molecule has 43 heavy (non-hydrogen) atoms. The number of hydrogen-bond donors (Lipinski definition) is 2. The SMILES string of the molecule is COc1ccc(CNC(=O)N2CCc3ccc(-n4cc(-c5n[nH]c6ccc(-c7cccnc7F)cc56)nn4)cc3C2)cc1.